The number of hydrogen-bond acceptors (Lipinski definition) is 6. The van der Waals surface area contributed by atoms with E-state index in [1.165, 1.54) is 35.6 Å². The Kier molecular flexibility index (Phi) is 5.37. The molecule has 2 heterocycles. The largest absolute Gasteiger partial charge is 0.481 e. The summed E-state index contributed by atoms with van der Waals surface area (Å²) in [6, 6.07) is 7.59. The maximum Gasteiger partial charge on any atom is 0.387 e. The van der Waals surface area contributed by atoms with Gasteiger partial charge >= 0.3 is 12.6 Å². The SMILES string of the molecule is O=C(O)C/C(=C\c1ccc(OC(F)F)cc1)c1nc(-c2ccsc2)no1. The van der Waals surface area contributed by atoms with E-state index >= 15 is 0 Å². The number of thiophene rings is 1. The van der Waals surface area contributed by atoms with Crippen molar-refractivity contribution in [3.05, 3.63) is 52.5 Å². The maximum absolute atomic E-state index is 12.2. The molecule has 2 aromatic heterocycles. The Hall–Kier alpha value is -3.07. The van der Waals surface area contributed by atoms with Gasteiger partial charge in [-0.2, -0.15) is 25.1 Å². The van der Waals surface area contributed by atoms with Gasteiger partial charge in [-0.05, 0) is 35.2 Å². The summed E-state index contributed by atoms with van der Waals surface area (Å²) in [6.45, 7) is -2.91. The van der Waals surface area contributed by atoms with Gasteiger partial charge in [0.1, 0.15) is 5.75 Å². The van der Waals surface area contributed by atoms with Gasteiger partial charge in [0.25, 0.3) is 5.89 Å². The van der Waals surface area contributed by atoms with Crippen LogP contribution in [0.2, 0.25) is 0 Å². The molecule has 26 heavy (non-hydrogen) atoms. The van der Waals surface area contributed by atoms with Crippen molar-refractivity contribution in [3.63, 3.8) is 0 Å². The average molecular weight is 378 g/mol. The summed E-state index contributed by atoms with van der Waals surface area (Å²) in [6.07, 6.45) is 1.21. The van der Waals surface area contributed by atoms with E-state index in [1.807, 2.05) is 16.8 Å². The number of halogens is 2. The summed E-state index contributed by atoms with van der Waals surface area (Å²) in [5.74, 6) is -0.613. The number of rotatable bonds is 7. The highest BCUT2D eigenvalue weighted by Crippen LogP contribution is 2.25. The number of aromatic nitrogens is 2. The minimum Gasteiger partial charge on any atom is -0.481 e. The van der Waals surface area contributed by atoms with Crippen LogP contribution < -0.4 is 4.74 Å². The average Bonchev–Trinajstić information content (AvgIpc) is 3.26. The van der Waals surface area contributed by atoms with E-state index in [9.17, 15) is 13.6 Å². The van der Waals surface area contributed by atoms with Gasteiger partial charge in [0.2, 0.25) is 5.82 Å². The molecule has 0 bridgehead atoms. The lowest BCUT2D eigenvalue weighted by atomic mass is 10.1. The third-order valence-corrected chi connectivity index (χ3v) is 3.95. The van der Waals surface area contributed by atoms with Crippen LogP contribution in [0.15, 0.2) is 45.6 Å². The minimum absolute atomic E-state index is 0.00877. The molecule has 9 heteroatoms. The Labute approximate surface area is 150 Å². The molecule has 0 amide bonds. The smallest absolute Gasteiger partial charge is 0.387 e. The third-order valence-electron chi connectivity index (χ3n) is 3.27. The van der Waals surface area contributed by atoms with Crippen molar-refractivity contribution in [1.82, 2.24) is 10.1 Å². The summed E-state index contributed by atoms with van der Waals surface area (Å²) >= 11 is 1.48. The fourth-order valence-corrected chi connectivity index (χ4v) is 2.80. The number of ether oxygens (including phenoxy) is 1. The quantitative estimate of drug-likeness (QED) is 0.655. The lowest BCUT2D eigenvalue weighted by Crippen LogP contribution is -2.01. The summed E-state index contributed by atoms with van der Waals surface area (Å²) in [7, 11) is 0. The van der Waals surface area contributed by atoms with Gasteiger partial charge < -0.3 is 14.4 Å². The zero-order chi connectivity index (χ0) is 18.5. The molecule has 134 valence electrons. The summed E-state index contributed by atoms with van der Waals surface area (Å²) in [5.41, 5.74) is 1.65. The fourth-order valence-electron chi connectivity index (χ4n) is 2.16. The van der Waals surface area contributed by atoms with Crippen molar-refractivity contribution in [3.8, 4) is 17.1 Å². The Morgan fingerprint density at radius 3 is 2.69 bits per heavy atom. The lowest BCUT2D eigenvalue weighted by Gasteiger charge is -2.04. The van der Waals surface area contributed by atoms with E-state index in [-0.39, 0.29) is 18.1 Å². The molecule has 3 aromatic rings. The third kappa shape index (κ3) is 4.51. The topological polar surface area (TPSA) is 85.5 Å². The minimum atomic E-state index is -2.91. The molecule has 0 saturated carbocycles. The molecule has 0 radical (unpaired) electrons. The number of nitrogens with zero attached hydrogens (tertiary/aromatic N) is 2. The maximum atomic E-state index is 12.2. The summed E-state index contributed by atoms with van der Waals surface area (Å²) in [4.78, 5) is 15.4. The molecule has 1 N–H and O–H groups in total. The highest BCUT2D eigenvalue weighted by Gasteiger charge is 2.16. The molecule has 0 fully saturated rings. The highest BCUT2D eigenvalue weighted by molar-refractivity contribution is 7.08. The first kappa shape index (κ1) is 17.7. The van der Waals surface area contributed by atoms with E-state index in [2.05, 4.69) is 14.9 Å². The van der Waals surface area contributed by atoms with E-state index in [4.69, 9.17) is 9.63 Å². The van der Waals surface area contributed by atoms with Crippen LogP contribution in [0.5, 0.6) is 5.75 Å². The molecule has 0 aliphatic carbocycles. The number of carboxylic acids is 1. The molecule has 3 rings (SSSR count). The van der Waals surface area contributed by atoms with Crippen LogP contribution in [-0.4, -0.2) is 27.8 Å². The zero-order valence-electron chi connectivity index (χ0n) is 13.1. The van der Waals surface area contributed by atoms with Crippen molar-refractivity contribution < 1.29 is 27.9 Å². The normalized spacial score (nSPS) is 11.7. The molecule has 0 saturated heterocycles. The van der Waals surface area contributed by atoms with Crippen molar-refractivity contribution in [2.75, 3.05) is 0 Å². The van der Waals surface area contributed by atoms with Crippen LogP contribution >= 0.6 is 11.3 Å². The molecule has 0 aliphatic rings. The van der Waals surface area contributed by atoms with E-state index in [0.717, 1.165) is 5.56 Å². The van der Waals surface area contributed by atoms with E-state index in [1.54, 1.807) is 6.08 Å². The summed E-state index contributed by atoms with van der Waals surface area (Å²) in [5, 5.41) is 16.7. The second-order valence-corrected chi connectivity index (χ2v) is 5.90. The van der Waals surface area contributed by atoms with Crippen molar-refractivity contribution in [1.29, 1.82) is 0 Å². The molecule has 0 unspecified atom stereocenters. The number of hydrogen-bond donors (Lipinski definition) is 1. The van der Waals surface area contributed by atoms with Crippen molar-refractivity contribution in [2.45, 2.75) is 13.0 Å². The highest BCUT2D eigenvalue weighted by atomic mass is 32.1. The Bertz CT molecular complexity index is 905. The molecule has 6 nitrogen and oxygen atoms in total. The van der Waals surface area contributed by atoms with Crippen LogP contribution in [0.4, 0.5) is 8.78 Å². The molecule has 0 atom stereocenters. The molecule has 0 aliphatic heterocycles. The van der Waals surface area contributed by atoms with E-state index in [0.29, 0.717) is 17.0 Å². The molecule has 0 spiro atoms. The number of aliphatic carboxylic acids is 1. The second-order valence-electron chi connectivity index (χ2n) is 5.12. The Morgan fingerprint density at radius 2 is 2.08 bits per heavy atom. The monoisotopic (exact) mass is 378 g/mol. The van der Waals surface area contributed by atoms with Gasteiger partial charge in [-0.3, -0.25) is 4.79 Å². The van der Waals surface area contributed by atoms with Crippen LogP contribution in [0.25, 0.3) is 23.0 Å². The predicted molar refractivity (Wildman–Crippen MR) is 90.8 cm³/mol. The fraction of sp³-hybridized carbons (Fsp3) is 0.118. The predicted octanol–water partition coefficient (Wildman–Crippen LogP) is 4.41. The first-order chi connectivity index (χ1) is 12.5. The van der Waals surface area contributed by atoms with Crippen LogP contribution in [0, 0.1) is 0 Å². The first-order valence-electron chi connectivity index (χ1n) is 7.35. The number of alkyl halides is 2. The van der Waals surface area contributed by atoms with Gasteiger partial charge in [-0.25, -0.2) is 0 Å². The van der Waals surface area contributed by atoms with Crippen molar-refractivity contribution >= 4 is 29.0 Å². The molecular weight excluding hydrogens is 366 g/mol. The molecule has 1 aromatic carbocycles. The van der Waals surface area contributed by atoms with Gasteiger partial charge in [-0.15, -0.1) is 0 Å². The van der Waals surface area contributed by atoms with Gasteiger partial charge in [0.15, 0.2) is 0 Å². The summed E-state index contributed by atoms with van der Waals surface area (Å²) < 4.78 is 33.8. The van der Waals surface area contributed by atoms with E-state index < -0.39 is 12.6 Å². The number of carbonyl (C=O) groups is 1. The van der Waals surface area contributed by atoms with Crippen LogP contribution in [0.1, 0.15) is 17.9 Å². The van der Waals surface area contributed by atoms with Gasteiger partial charge in [0.05, 0.1) is 6.42 Å². The molecular formula is C17H12F2N2O4S. The van der Waals surface area contributed by atoms with Gasteiger partial charge in [0, 0.05) is 16.5 Å². The Morgan fingerprint density at radius 1 is 1.31 bits per heavy atom. The van der Waals surface area contributed by atoms with Crippen LogP contribution in [0.3, 0.4) is 0 Å². The van der Waals surface area contributed by atoms with Crippen LogP contribution in [-0.2, 0) is 4.79 Å². The zero-order valence-corrected chi connectivity index (χ0v) is 14.0. The van der Waals surface area contributed by atoms with Gasteiger partial charge in [-0.1, -0.05) is 17.3 Å². The number of carboxylic acid groups (broad SMARTS) is 1. The Balaban J connectivity index is 1.88. The standard InChI is InChI=1S/C17H12F2N2O4S/c18-17(19)24-13-3-1-10(2-4-13)7-12(8-14(22)23)16-20-15(21-25-16)11-5-6-26-9-11/h1-7,9,17H,8H2,(H,22,23)/b12-7+. The lowest BCUT2D eigenvalue weighted by molar-refractivity contribution is -0.135. The first-order valence-corrected chi connectivity index (χ1v) is 8.29. The number of benzene rings is 1. The second kappa shape index (κ2) is 7.87. The van der Waals surface area contributed by atoms with Crippen molar-refractivity contribution in [2.24, 2.45) is 0 Å².